The van der Waals surface area contributed by atoms with Gasteiger partial charge in [-0.15, -0.1) is 12.4 Å². The van der Waals surface area contributed by atoms with E-state index >= 15 is 0 Å². The zero-order valence-electron chi connectivity index (χ0n) is 12.6. The Kier molecular flexibility index (Phi) is 5.27. The molecule has 22 heavy (non-hydrogen) atoms. The van der Waals surface area contributed by atoms with Crippen molar-refractivity contribution < 1.29 is 9.21 Å². The monoisotopic (exact) mass is 320 g/mol. The predicted octanol–water partition coefficient (Wildman–Crippen LogP) is 3.18. The highest BCUT2D eigenvalue weighted by Gasteiger charge is 2.35. The van der Waals surface area contributed by atoms with Gasteiger partial charge in [-0.3, -0.25) is 4.79 Å². The van der Waals surface area contributed by atoms with Crippen LogP contribution >= 0.6 is 12.4 Å². The number of amides is 1. The number of nitrogens with two attached hydrogens (primary N) is 1. The van der Waals surface area contributed by atoms with Gasteiger partial charge >= 0.3 is 0 Å². The second-order valence-corrected chi connectivity index (χ2v) is 5.55. The number of likely N-dealkylation sites (tertiary alicyclic amines) is 1. The molecule has 2 atom stereocenters. The van der Waals surface area contributed by atoms with E-state index in [-0.39, 0.29) is 24.4 Å². The zero-order chi connectivity index (χ0) is 14.8. The summed E-state index contributed by atoms with van der Waals surface area (Å²) in [4.78, 5) is 14.5. The molecule has 2 N–H and O–H groups in total. The van der Waals surface area contributed by atoms with E-state index in [1.807, 2.05) is 11.0 Å². The number of furan rings is 1. The molecule has 4 nitrogen and oxygen atoms in total. The maximum absolute atomic E-state index is 12.6. The van der Waals surface area contributed by atoms with Crippen molar-refractivity contribution in [3.8, 4) is 0 Å². The van der Waals surface area contributed by atoms with Crippen LogP contribution in [0.3, 0.4) is 0 Å². The van der Waals surface area contributed by atoms with E-state index in [0.717, 1.165) is 13.0 Å². The molecular formula is C17H21ClN2O2. The molecule has 0 bridgehead atoms. The summed E-state index contributed by atoms with van der Waals surface area (Å²) in [5, 5.41) is 0. The third kappa shape index (κ3) is 3.03. The van der Waals surface area contributed by atoms with E-state index in [1.165, 1.54) is 11.8 Å². The smallest absolute Gasteiger partial charge is 0.257 e. The molecule has 2 unspecified atom stereocenters. The van der Waals surface area contributed by atoms with Gasteiger partial charge in [-0.25, -0.2) is 0 Å². The van der Waals surface area contributed by atoms with E-state index in [2.05, 4.69) is 31.2 Å². The topological polar surface area (TPSA) is 59.5 Å². The fourth-order valence-electron chi connectivity index (χ4n) is 3.14. The molecule has 5 heteroatoms. The van der Waals surface area contributed by atoms with Crippen molar-refractivity contribution in [3.63, 3.8) is 0 Å². The second-order valence-electron chi connectivity index (χ2n) is 5.55. The molecular weight excluding hydrogens is 300 g/mol. The molecule has 1 aliphatic heterocycles. The minimum atomic E-state index is 0. The summed E-state index contributed by atoms with van der Waals surface area (Å²) >= 11 is 0. The van der Waals surface area contributed by atoms with E-state index in [1.54, 1.807) is 6.07 Å². The molecule has 1 fully saturated rings. The molecule has 1 saturated heterocycles. The SMILES string of the molecule is CC1C(c2ccccc2)CCN1C(=O)c1coc(CN)c1.Cl. The van der Waals surface area contributed by atoms with Crippen LogP contribution in [0.25, 0.3) is 0 Å². The Morgan fingerprint density at radius 3 is 2.73 bits per heavy atom. The maximum atomic E-state index is 12.6. The summed E-state index contributed by atoms with van der Waals surface area (Å²) in [5.41, 5.74) is 7.42. The Hall–Kier alpha value is -1.78. The molecule has 0 aliphatic carbocycles. The maximum Gasteiger partial charge on any atom is 0.257 e. The predicted molar refractivity (Wildman–Crippen MR) is 88.1 cm³/mol. The molecule has 118 valence electrons. The summed E-state index contributed by atoms with van der Waals surface area (Å²) in [6, 6.07) is 12.3. The minimum absolute atomic E-state index is 0. The molecule has 3 rings (SSSR count). The first kappa shape index (κ1) is 16.6. The lowest BCUT2D eigenvalue weighted by atomic mass is 9.93. The van der Waals surface area contributed by atoms with E-state index in [9.17, 15) is 4.79 Å². The summed E-state index contributed by atoms with van der Waals surface area (Å²) in [6.07, 6.45) is 2.51. The van der Waals surface area contributed by atoms with Gasteiger partial charge < -0.3 is 15.1 Å². The van der Waals surface area contributed by atoms with Crippen molar-refractivity contribution in [2.24, 2.45) is 5.73 Å². The summed E-state index contributed by atoms with van der Waals surface area (Å²) < 4.78 is 5.27. The molecule has 1 aromatic heterocycles. The highest BCUT2D eigenvalue weighted by atomic mass is 35.5. The van der Waals surface area contributed by atoms with Crippen molar-refractivity contribution in [3.05, 3.63) is 59.5 Å². The standard InChI is InChI=1S/C17H20N2O2.ClH/c1-12-16(13-5-3-2-4-6-13)7-8-19(12)17(20)14-9-15(10-18)21-11-14;/h2-6,9,11-12,16H,7-8,10,18H2,1H3;1H. The van der Waals surface area contributed by atoms with Crippen LogP contribution in [0.15, 0.2) is 47.1 Å². The van der Waals surface area contributed by atoms with Crippen LogP contribution in [0.5, 0.6) is 0 Å². The number of hydrogen-bond donors (Lipinski definition) is 1. The average molecular weight is 321 g/mol. The number of benzene rings is 1. The summed E-state index contributed by atoms with van der Waals surface area (Å²) in [5.74, 6) is 1.07. The number of hydrogen-bond acceptors (Lipinski definition) is 3. The first-order valence-corrected chi connectivity index (χ1v) is 7.34. The third-order valence-corrected chi connectivity index (χ3v) is 4.35. The Balaban J connectivity index is 0.00000176. The third-order valence-electron chi connectivity index (χ3n) is 4.35. The average Bonchev–Trinajstić information content (AvgIpc) is 3.14. The number of carbonyl (C=O) groups excluding carboxylic acids is 1. The fraction of sp³-hybridized carbons (Fsp3) is 0.353. The van der Waals surface area contributed by atoms with Gasteiger partial charge in [0, 0.05) is 18.5 Å². The molecule has 1 aromatic carbocycles. The summed E-state index contributed by atoms with van der Waals surface area (Å²) in [6.45, 7) is 3.21. The number of carbonyl (C=O) groups is 1. The van der Waals surface area contributed by atoms with Gasteiger partial charge in [0.1, 0.15) is 12.0 Å². The normalized spacial score (nSPS) is 20.7. The number of rotatable bonds is 3. The quantitative estimate of drug-likeness (QED) is 0.945. The van der Waals surface area contributed by atoms with Crippen LogP contribution in [-0.4, -0.2) is 23.4 Å². The van der Waals surface area contributed by atoms with Crippen molar-refractivity contribution in [1.29, 1.82) is 0 Å². The molecule has 1 aliphatic rings. The van der Waals surface area contributed by atoms with Crippen molar-refractivity contribution in [2.45, 2.75) is 31.8 Å². The highest BCUT2D eigenvalue weighted by Crippen LogP contribution is 2.34. The highest BCUT2D eigenvalue weighted by molar-refractivity contribution is 5.94. The van der Waals surface area contributed by atoms with Crippen LogP contribution in [0, 0.1) is 0 Å². The van der Waals surface area contributed by atoms with Crippen molar-refractivity contribution in [1.82, 2.24) is 4.90 Å². The Bertz CT molecular complexity index is 627. The van der Waals surface area contributed by atoms with Crippen LogP contribution in [0.4, 0.5) is 0 Å². The Labute approximate surface area is 136 Å². The van der Waals surface area contributed by atoms with E-state index in [0.29, 0.717) is 23.8 Å². The molecule has 2 heterocycles. The second kappa shape index (κ2) is 6.99. The largest absolute Gasteiger partial charge is 0.467 e. The van der Waals surface area contributed by atoms with Gasteiger partial charge in [0.2, 0.25) is 0 Å². The van der Waals surface area contributed by atoms with Gasteiger partial charge in [0.15, 0.2) is 0 Å². The molecule has 0 radical (unpaired) electrons. The minimum Gasteiger partial charge on any atom is -0.467 e. The van der Waals surface area contributed by atoms with E-state index < -0.39 is 0 Å². The van der Waals surface area contributed by atoms with Crippen LogP contribution < -0.4 is 5.73 Å². The van der Waals surface area contributed by atoms with Crippen LogP contribution in [-0.2, 0) is 6.54 Å². The number of nitrogens with zero attached hydrogens (tertiary/aromatic N) is 1. The van der Waals surface area contributed by atoms with Gasteiger partial charge in [0.05, 0.1) is 12.1 Å². The first-order chi connectivity index (χ1) is 10.2. The van der Waals surface area contributed by atoms with Gasteiger partial charge in [-0.05, 0) is 25.0 Å². The lowest BCUT2D eigenvalue weighted by molar-refractivity contribution is 0.0741. The zero-order valence-corrected chi connectivity index (χ0v) is 13.4. The molecule has 2 aromatic rings. The first-order valence-electron chi connectivity index (χ1n) is 7.34. The van der Waals surface area contributed by atoms with E-state index in [4.69, 9.17) is 10.2 Å². The van der Waals surface area contributed by atoms with Crippen LogP contribution in [0.1, 0.15) is 40.9 Å². The van der Waals surface area contributed by atoms with Crippen LogP contribution in [0.2, 0.25) is 0 Å². The Morgan fingerprint density at radius 2 is 2.09 bits per heavy atom. The van der Waals surface area contributed by atoms with Crippen molar-refractivity contribution >= 4 is 18.3 Å². The molecule has 0 spiro atoms. The van der Waals surface area contributed by atoms with Crippen molar-refractivity contribution in [2.75, 3.05) is 6.54 Å². The lowest BCUT2D eigenvalue weighted by Crippen LogP contribution is -2.35. The van der Waals surface area contributed by atoms with Gasteiger partial charge in [-0.2, -0.15) is 0 Å². The number of halogens is 1. The fourth-order valence-corrected chi connectivity index (χ4v) is 3.14. The molecule has 1 amide bonds. The molecule has 0 saturated carbocycles. The Morgan fingerprint density at radius 1 is 1.36 bits per heavy atom. The lowest BCUT2D eigenvalue weighted by Gasteiger charge is -2.24. The van der Waals surface area contributed by atoms with Gasteiger partial charge in [0.25, 0.3) is 5.91 Å². The summed E-state index contributed by atoms with van der Waals surface area (Å²) in [7, 11) is 0. The van der Waals surface area contributed by atoms with Gasteiger partial charge in [-0.1, -0.05) is 30.3 Å².